The Balaban J connectivity index is 1.43. The fraction of sp³-hybridized carbons (Fsp3) is 0.0909. The van der Waals surface area contributed by atoms with Crippen molar-refractivity contribution >= 4 is 39.7 Å². The molecule has 1 aromatic heterocycles. The van der Waals surface area contributed by atoms with Gasteiger partial charge in [0.05, 0.1) is 11.0 Å². The van der Waals surface area contributed by atoms with Crippen LogP contribution in [0.3, 0.4) is 0 Å². The van der Waals surface area contributed by atoms with Crippen LogP contribution in [-0.2, 0) is 13.2 Å². The first kappa shape index (κ1) is 20.7. The number of aromatic amines is 1. The normalized spacial score (nSPS) is 10.7. The molecule has 0 fully saturated rings. The molecule has 0 saturated heterocycles. The first-order valence-corrected chi connectivity index (χ1v) is 10.8. The van der Waals surface area contributed by atoms with E-state index in [0.29, 0.717) is 22.9 Å². The molecule has 4 aromatic rings. The first-order chi connectivity index (χ1) is 14.6. The van der Waals surface area contributed by atoms with Crippen molar-refractivity contribution in [3.05, 3.63) is 98.2 Å². The van der Waals surface area contributed by atoms with Gasteiger partial charge in [-0.15, -0.1) is 0 Å². The Labute approximate surface area is 192 Å². The van der Waals surface area contributed by atoms with Gasteiger partial charge in [-0.3, -0.25) is 0 Å². The van der Waals surface area contributed by atoms with E-state index in [1.807, 2.05) is 72.8 Å². The minimum atomic E-state index is 0.470. The molecule has 0 spiro atoms. The molecule has 0 aliphatic rings. The van der Waals surface area contributed by atoms with Gasteiger partial charge in [0, 0.05) is 10.6 Å². The van der Waals surface area contributed by atoms with E-state index in [0.717, 1.165) is 32.7 Å². The van der Waals surface area contributed by atoms with Gasteiger partial charge < -0.3 is 10.2 Å². The molecule has 1 heterocycles. The lowest BCUT2D eigenvalue weighted by molar-refractivity contribution is 0.304. The number of ether oxygens (including phenoxy) is 1. The summed E-state index contributed by atoms with van der Waals surface area (Å²) in [5.74, 6) is 1.51. The van der Waals surface area contributed by atoms with Crippen molar-refractivity contribution in [3.63, 3.8) is 0 Å². The summed E-state index contributed by atoms with van der Waals surface area (Å²) in [6, 6.07) is 23.5. The lowest BCUT2D eigenvalue weighted by atomic mass is 10.2. The van der Waals surface area contributed by atoms with E-state index in [1.165, 1.54) is 0 Å². The molecule has 0 aliphatic carbocycles. The Bertz CT molecular complexity index is 1190. The summed E-state index contributed by atoms with van der Waals surface area (Å²) in [6.45, 7) is 1.04. The van der Waals surface area contributed by atoms with Crippen molar-refractivity contribution in [1.82, 2.24) is 14.9 Å². The number of hydrogen-bond donors (Lipinski definition) is 2. The summed E-state index contributed by atoms with van der Waals surface area (Å²) < 4.78 is 9.09. The van der Waals surface area contributed by atoms with E-state index < -0.39 is 0 Å². The summed E-state index contributed by atoms with van der Waals surface area (Å²) in [4.78, 5) is 0. The largest absolute Gasteiger partial charge is 0.488 e. The van der Waals surface area contributed by atoms with Crippen molar-refractivity contribution < 1.29 is 4.74 Å². The van der Waals surface area contributed by atoms with E-state index in [-0.39, 0.29) is 0 Å². The fourth-order valence-corrected chi connectivity index (χ4v) is 3.77. The third-order valence-corrected chi connectivity index (χ3v) is 5.60. The highest BCUT2D eigenvalue weighted by Gasteiger charge is 2.09. The monoisotopic (exact) mass is 500 g/mol. The molecule has 0 amide bonds. The van der Waals surface area contributed by atoms with E-state index in [4.69, 9.17) is 28.6 Å². The quantitative estimate of drug-likeness (QED) is 0.290. The molecule has 2 N–H and O–H groups in total. The number of rotatable bonds is 7. The van der Waals surface area contributed by atoms with Gasteiger partial charge in [-0.05, 0) is 63.5 Å². The standard InChI is InChI=1S/C22H18BrClN4OS/c23-19-12-16(8-11-20(19)29-14-15-6-9-18(24)10-7-15)13-25-28-21(26-27-22(28)30)17-4-2-1-3-5-17/h1-12,25H,13-14H2,(H,27,30). The van der Waals surface area contributed by atoms with Gasteiger partial charge in [0.15, 0.2) is 5.82 Å². The Morgan fingerprint density at radius 1 is 1.03 bits per heavy atom. The van der Waals surface area contributed by atoms with Crippen LogP contribution in [0.2, 0.25) is 5.02 Å². The highest BCUT2D eigenvalue weighted by molar-refractivity contribution is 9.10. The van der Waals surface area contributed by atoms with Gasteiger partial charge in [-0.2, -0.15) is 5.10 Å². The summed E-state index contributed by atoms with van der Waals surface area (Å²) in [6.07, 6.45) is 0. The summed E-state index contributed by atoms with van der Waals surface area (Å²) in [7, 11) is 0. The Hall–Kier alpha value is -2.61. The molecule has 8 heteroatoms. The number of nitrogens with one attached hydrogen (secondary N) is 2. The molecule has 4 rings (SSSR count). The predicted molar refractivity (Wildman–Crippen MR) is 126 cm³/mol. The zero-order valence-corrected chi connectivity index (χ0v) is 19.0. The van der Waals surface area contributed by atoms with Crippen molar-refractivity contribution in [3.8, 4) is 17.1 Å². The molecule has 0 radical (unpaired) electrons. The number of nitrogens with zero attached hydrogens (tertiary/aromatic N) is 2. The second-order valence-corrected chi connectivity index (χ2v) is 8.25. The van der Waals surface area contributed by atoms with Gasteiger partial charge in [-0.1, -0.05) is 60.1 Å². The van der Waals surface area contributed by atoms with E-state index in [2.05, 4.69) is 31.6 Å². The Kier molecular flexibility index (Phi) is 6.52. The van der Waals surface area contributed by atoms with Crippen LogP contribution in [0.1, 0.15) is 11.1 Å². The van der Waals surface area contributed by atoms with Crippen LogP contribution >= 0.6 is 39.7 Å². The third-order valence-electron chi connectivity index (χ3n) is 4.45. The minimum absolute atomic E-state index is 0.470. The minimum Gasteiger partial charge on any atom is -0.488 e. The van der Waals surface area contributed by atoms with E-state index in [9.17, 15) is 0 Å². The van der Waals surface area contributed by atoms with Gasteiger partial charge in [-0.25, -0.2) is 9.77 Å². The molecule has 0 bridgehead atoms. The van der Waals surface area contributed by atoms with Gasteiger partial charge in [0.1, 0.15) is 12.4 Å². The number of benzene rings is 3. The zero-order valence-electron chi connectivity index (χ0n) is 15.8. The number of H-pyrrole nitrogens is 1. The van der Waals surface area contributed by atoms with Crippen LogP contribution in [-0.4, -0.2) is 14.9 Å². The molecule has 0 atom stereocenters. The van der Waals surface area contributed by atoms with Crippen LogP contribution in [0.15, 0.2) is 77.3 Å². The van der Waals surface area contributed by atoms with E-state index >= 15 is 0 Å². The highest BCUT2D eigenvalue weighted by Crippen LogP contribution is 2.27. The second-order valence-electron chi connectivity index (χ2n) is 6.57. The van der Waals surface area contributed by atoms with Gasteiger partial charge >= 0.3 is 0 Å². The molecule has 5 nitrogen and oxygen atoms in total. The highest BCUT2D eigenvalue weighted by atomic mass is 79.9. The third kappa shape index (κ3) is 4.92. The maximum Gasteiger partial charge on any atom is 0.214 e. The molecule has 0 saturated carbocycles. The van der Waals surface area contributed by atoms with Crippen molar-refractivity contribution in [2.75, 3.05) is 5.43 Å². The van der Waals surface area contributed by atoms with Crippen LogP contribution in [0.5, 0.6) is 5.75 Å². The van der Waals surface area contributed by atoms with Crippen LogP contribution < -0.4 is 10.2 Å². The molecule has 0 unspecified atom stereocenters. The van der Waals surface area contributed by atoms with Crippen LogP contribution in [0.4, 0.5) is 0 Å². The van der Waals surface area contributed by atoms with Crippen molar-refractivity contribution in [2.45, 2.75) is 13.2 Å². The summed E-state index contributed by atoms with van der Waals surface area (Å²) >= 11 is 14.9. The number of aromatic nitrogens is 3. The lowest BCUT2D eigenvalue weighted by Crippen LogP contribution is -2.16. The molecule has 30 heavy (non-hydrogen) atoms. The lowest BCUT2D eigenvalue weighted by Gasteiger charge is -2.12. The summed E-state index contributed by atoms with van der Waals surface area (Å²) in [5.41, 5.74) is 6.43. The average molecular weight is 502 g/mol. The molecule has 0 aliphatic heterocycles. The smallest absolute Gasteiger partial charge is 0.214 e. The molecular formula is C22H18BrClN4OS. The molecule has 152 valence electrons. The topological polar surface area (TPSA) is 54.9 Å². The maximum atomic E-state index is 5.92. The van der Waals surface area contributed by atoms with E-state index in [1.54, 1.807) is 4.68 Å². The fourth-order valence-electron chi connectivity index (χ4n) is 2.91. The average Bonchev–Trinajstić information content (AvgIpc) is 3.13. The zero-order chi connectivity index (χ0) is 20.9. The molecule has 3 aromatic carbocycles. The SMILES string of the molecule is S=c1[nH]nc(-c2ccccc2)n1NCc1ccc(OCc2ccc(Cl)cc2)c(Br)c1. The Morgan fingerprint density at radius 3 is 2.50 bits per heavy atom. The van der Waals surface area contributed by atoms with Crippen LogP contribution in [0, 0.1) is 4.77 Å². The van der Waals surface area contributed by atoms with Gasteiger partial charge in [0.25, 0.3) is 0 Å². The van der Waals surface area contributed by atoms with Crippen molar-refractivity contribution in [1.29, 1.82) is 0 Å². The summed E-state index contributed by atoms with van der Waals surface area (Å²) in [5, 5.41) is 7.89. The first-order valence-electron chi connectivity index (χ1n) is 9.22. The maximum absolute atomic E-state index is 5.92. The second kappa shape index (κ2) is 9.47. The van der Waals surface area contributed by atoms with Gasteiger partial charge in [0.2, 0.25) is 4.77 Å². The van der Waals surface area contributed by atoms with Crippen molar-refractivity contribution in [2.24, 2.45) is 0 Å². The van der Waals surface area contributed by atoms with Crippen LogP contribution in [0.25, 0.3) is 11.4 Å². The Morgan fingerprint density at radius 2 is 1.77 bits per heavy atom. The predicted octanol–water partition coefficient (Wildman–Crippen LogP) is 6.35. The number of hydrogen-bond acceptors (Lipinski definition) is 4. The number of halogens is 2. The molecular weight excluding hydrogens is 484 g/mol.